The van der Waals surface area contributed by atoms with E-state index in [0.29, 0.717) is 28.6 Å². The molecule has 140 valence electrons. The molecule has 2 heterocycles. The topological polar surface area (TPSA) is 64.4 Å². The van der Waals surface area contributed by atoms with E-state index >= 15 is 0 Å². The second kappa shape index (κ2) is 7.74. The number of hydrogen-bond donors (Lipinski definition) is 1. The van der Waals surface area contributed by atoms with Crippen molar-refractivity contribution in [3.63, 3.8) is 0 Å². The summed E-state index contributed by atoms with van der Waals surface area (Å²) in [5.41, 5.74) is 2.81. The normalized spacial score (nSPS) is 10.8. The smallest absolute Gasteiger partial charge is 0.291 e. The van der Waals surface area contributed by atoms with Crippen LogP contribution >= 0.6 is 11.6 Å². The molecule has 0 radical (unpaired) electrons. The van der Waals surface area contributed by atoms with Crippen LogP contribution < -0.4 is 10.1 Å². The highest BCUT2D eigenvalue weighted by Gasteiger charge is 2.18. The Labute approximate surface area is 166 Å². The number of carbonyl (C=O) groups excluding carboxylic acids is 1. The number of carbonyl (C=O) groups is 1. The van der Waals surface area contributed by atoms with Crippen LogP contribution in [0.5, 0.6) is 5.75 Å². The summed E-state index contributed by atoms with van der Waals surface area (Å²) in [6.07, 6.45) is 1.72. The Balaban J connectivity index is 1.50. The Kier molecular flexibility index (Phi) is 5.00. The lowest BCUT2D eigenvalue weighted by Crippen LogP contribution is -2.12. The number of pyridine rings is 1. The fourth-order valence-electron chi connectivity index (χ4n) is 2.90. The fourth-order valence-corrected chi connectivity index (χ4v) is 3.07. The van der Waals surface area contributed by atoms with Crippen molar-refractivity contribution in [2.24, 2.45) is 0 Å². The zero-order chi connectivity index (χ0) is 19.5. The van der Waals surface area contributed by atoms with Crippen LogP contribution in [0.25, 0.3) is 11.0 Å². The van der Waals surface area contributed by atoms with Gasteiger partial charge in [-0.2, -0.15) is 0 Å². The summed E-state index contributed by atoms with van der Waals surface area (Å²) in [6.45, 7) is 2.19. The standard InChI is InChI=1S/C22H17ClN2O3/c1-14-19-11-15(23)8-9-20(19)28-21(14)22(26)25-16-6-4-7-18(12-16)27-13-17-5-2-3-10-24-17/h2-12H,13H2,1H3,(H,25,26). The molecule has 0 saturated heterocycles. The predicted octanol–water partition coefficient (Wildman–Crippen LogP) is 5.62. The summed E-state index contributed by atoms with van der Waals surface area (Å²) in [5.74, 6) is 0.570. The molecule has 1 N–H and O–H groups in total. The number of amides is 1. The van der Waals surface area contributed by atoms with Crippen molar-refractivity contribution >= 4 is 34.2 Å². The molecular formula is C22H17ClN2O3. The van der Waals surface area contributed by atoms with Gasteiger partial charge >= 0.3 is 0 Å². The number of nitrogens with zero attached hydrogens (tertiary/aromatic N) is 1. The highest BCUT2D eigenvalue weighted by molar-refractivity contribution is 6.31. The molecular weight excluding hydrogens is 376 g/mol. The van der Waals surface area contributed by atoms with Crippen molar-refractivity contribution in [3.8, 4) is 5.75 Å². The Morgan fingerprint density at radius 2 is 2.04 bits per heavy atom. The van der Waals surface area contributed by atoms with Crippen LogP contribution in [0.3, 0.4) is 0 Å². The van der Waals surface area contributed by atoms with E-state index in [0.717, 1.165) is 16.6 Å². The van der Waals surface area contributed by atoms with E-state index in [4.69, 9.17) is 20.8 Å². The molecule has 0 aliphatic carbocycles. The molecule has 0 atom stereocenters. The number of anilines is 1. The Morgan fingerprint density at radius 1 is 1.14 bits per heavy atom. The summed E-state index contributed by atoms with van der Waals surface area (Å²) in [6, 6.07) is 18.1. The van der Waals surface area contributed by atoms with Crippen LogP contribution in [0.4, 0.5) is 5.69 Å². The van der Waals surface area contributed by atoms with E-state index in [-0.39, 0.29) is 11.7 Å². The third-order valence-corrected chi connectivity index (χ3v) is 4.54. The monoisotopic (exact) mass is 392 g/mol. The summed E-state index contributed by atoms with van der Waals surface area (Å²) in [7, 11) is 0. The van der Waals surface area contributed by atoms with E-state index in [1.165, 1.54) is 0 Å². The first-order valence-electron chi connectivity index (χ1n) is 8.73. The van der Waals surface area contributed by atoms with E-state index in [9.17, 15) is 4.79 Å². The number of benzene rings is 2. The first-order chi connectivity index (χ1) is 13.6. The van der Waals surface area contributed by atoms with Crippen molar-refractivity contribution in [2.75, 3.05) is 5.32 Å². The van der Waals surface area contributed by atoms with Crippen LogP contribution in [-0.4, -0.2) is 10.9 Å². The molecule has 6 heteroatoms. The van der Waals surface area contributed by atoms with Crippen molar-refractivity contribution in [1.29, 1.82) is 0 Å². The maximum Gasteiger partial charge on any atom is 0.291 e. The van der Waals surface area contributed by atoms with E-state index in [1.54, 1.807) is 36.5 Å². The largest absolute Gasteiger partial charge is 0.487 e. The molecule has 0 aliphatic rings. The van der Waals surface area contributed by atoms with Crippen LogP contribution in [0, 0.1) is 6.92 Å². The Bertz CT molecular complexity index is 1140. The zero-order valence-electron chi connectivity index (χ0n) is 15.1. The SMILES string of the molecule is Cc1c(C(=O)Nc2cccc(OCc3ccccn3)c2)oc2ccc(Cl)cc12. The van der Waals surface area contributed by atoms with Gasteiger partial charge in [0.1, 0.15) is 17.9 Å². The number of aromatic nitrogens is 1. The van der Waals surface area contributed by atoms with E-state index < -0.39 is 0 Å². The lowest BCUT2D eigenvalue weighted by Gasteiger charge is -2.08. The van der Waals surface area contributed by atoms with Crippen LogP contribution in [0.1, 0.15) is 21.8 Å². The third-order valence-electron chi connectivity index (χ3n) is 4.31. The number of ether oxygens (including phenoxy) is 1. The molecule has 0 fully saturated rings. The van der Waals surface area contributed by atoms with Gasteiger partial charge in [-0.1, -0.05) is 23.7 Å². The molecule has 2 aromatic heterocycles. The number of aryl methyl sites for hydroxylation is 1. The van der Waals surface area contributed by atoms with Crippen LogP contribution in [0.2, 0.25) is 5.02 Å². The molecule has 0 bridgehead atoms. The molecule has 2 aromatic carbocycles. The predicted molar refractivity (Wildman–Crippen MR) is 109 cm³/mol. The molecule has 0 spiro atoms. The molecule has 4 rings (SSSR count). The number of fused-ring (bicyclic) bond motifs is 1. The third kappa shape index (κ3) is 3.85. The quantitative estimate of drug-likeness (QED) is 0.478. The van der Waals surface area contributed by atoms with Crippen molar-refractivity contribution in [3.05, 3.63) is 88.9 Å². The molecule has 0 saturated carbocycles. The summed E-state index contributed by atoms with van der Waals surface area (Å²) in [5, 5.41) is 4.27. The molecule has 1 amide bonds. The molecule has 0 aliphatic heterocycles. The number of nitrogens with one attached hydrogen (secondary N) is 1. The number of hydrogen-bond acceptors (Lipinski definition) is 4. The molecule has 5 nitrogen and oxygen atoms in total. The van der Waals surface area contributed by atoms with Gasteiger partial charge in [-0.15, -0.1) is 0 Å². The maximum atomic E-state index is 12.7. The highest BCUT2D eigenvalue weighted by Crippen LogP contribution is 2.28. The number of halogens is 1. The van der Waals surface area contributed by atoms with E-state index in [2.05, 4.69) is 10.3 Å². The van der Waals surface area contributed by atoms with Gasteiger partial charge in [0.15, 0.2) is 5.76 Å². The zero-order valence-corrected chi connectivity index (χ0v) is 15.9. The van der Waals surface area contributed by atoms with Gasteiger partial charge in [0.2, 0.25) is 0 Å². The van der Waals surface area contributed by atoms with Gasteiger partial charge in [-0.3, -0.25) is 9.78 Å². The maximum absolute atomic E-state index is 12.7. The first kappa shape index (κ1) is 18.1. The highest BCUT2D eigenvalue weighted by atomic mass is 35.5. The van der Waals surface area contributed by atoms with Gasteiger partial charge in [0.25, 0.3) is 5.91 Å². The fraction of sp³-hybridized carbons (Fsp3) is 0.0909. The second-order valence-corrected chi connectivity index (χ2v) is 6.72. The summed E-state index contributed by atoms with van der Waals surface area (Å²) >= 11 is 6.04. The van der Waals surface area contributed by atoms with E-state index in [1.807, 2.05) is 37.3 Å². The van der Waals surface area contributed by atoms with Crippen LogP contribution in [-0.2, 0) is 6.61 Å². The second-order valence-electron chi connectivity index (χ2n) is 6.29. The van der Waals surface area contributed by atoms with Gasteiger partial charge in [0.05, 0.1) is 5.69 Å². The van der Waals surface area contributed by atoms with Crippen molar-refractivity contribution in [2.45, 2.75) is 13.5 Å². The molecule has 28 heavy (non-hydrogen) atoms. The lowest BCUT2D eigenvalue weighted by atomic mass is 10.1. The van der Waals surface area contributed by atoms with Crippen molar-refractivity contribution < 1.29 is 13.9 Å². The Hall–Kier alpha value is -3.31. The summed E-state index contributed by atoms with van der Waals surface area (Å²) in [4.78, 5) is 16.9. The van der Waals surface area contributed by atoms with Crippen LogP contribution in [0.15, 0.2) is 71.3 Å². The number of rotatable bonds is 5. The minimum absolute atomic E-state index is 0.261. The molecule has 4 aromatic rings. The first-order valence-corrected chi connectivity index (χ1v) is 9.11. The van der Waals surface area contributed by atoms with Crippen molar-refractivity contribution in [1.82, 2.24) is 4.98 Å². The minimum Gasteiger partial charge on any atom is -0.487 e. The van der Waals surface area contributed by atoms with Gasteiger partial charge in [0, 0.05) is 33.9 Å². The number of furan rings is 1. The minimum atomic E-state index is -0.327. The molecule has 0 unspecified atom stereocenters. The van der Waals surface area contributed by atoms with Gasteiger partial charge in [-0.25, -0.2) is 0 Å². The Morgan fingerprint density at radius 3 is 2.86 bits per heavy atom. The average molecular weight is 393 g/mol. The lowest BCUT2D eigenvalue weighted by molar-refractivity contribution is 0.0998. The van der Waals surface area contributed by atoms with Gasteiger partial charge in [-0.05, 0) is 49.4 Å². The average Bonchev–Trinajstić information content (AvgIpc) is 3.04. The summed E-state index contributed by atoms with van der Waals surface area (Å²) < 4.78 is 11.5. The van der Waals surface area contributed by atoms with Gasteiger partial charge < -0.3 is 14.5 Å².